The summed E-state index contributed by atoms with van der Waals surface area (Å²) in [4.78, 5) is 18.7. The van der Waals surface area contributed by atoms with Crippen molar-refractivity contribution in [2.24, 2.45) is 0 Å². The first-order valence-electron chi connectivity index (χ1n) is 7.72. The molecule has 1 heterocycles. The molecule has 0 saturated heterocycles. The van der Waals surface area contributed by atoms with Crippen LogP contribution in [0.5, 0.6) is 0 Å². The summed E-state index contributed by atoms with van der Waals surface area (Å²) in [5.74, 6) is -0.804. The third-order valence-electron chi connectivity index (χ3n) is 3.87. The molecule has 0 spiro atoms. The highest BCUT2D eigenvalue weighted by molar-refractivity contribution is 5.76. The Kier molecular flexibility index (Phi) is 4.50. The average molecular weight is 345 g/mol. The number of nitrogens with zero attached hydrogens (tertiary/aromatic N) is 3. The normalized spacial score (nSPS) is 10.3. The summed E-state index contributed by atoms with van der Waals surface area (Å²) in [6.45, 7) is 0. The zero-order valence-corrected chi connectivity index (χ0v) is 13.7. The molecule has 0 aliphatic heterocycles. The Hall–Kier alpha value is -3.92. The van der Waals surface area contributed by atoms with Crippen molar-refractivity contribution in [3.8, 4) is 28.5 Å². The zero-order chi connectivity index (χ0) is 18.7. The van der Waals surface area contributed by atoms with Crippen molar-refractivity contribution in [3.05, 3.63) is 59.7 Å². The van der Waals surface area contributed by atoms with Gasteiger partial charge in [-0.1, -0.05) is 48.5 Å². The van der Waals surface area contributed by atoms with Crippen LogP contribution < -0.4 is 11.5 Å². The molecule has 0 radical (unpaired) electrons. The smallest absolute Gasteiger partial charge is 0.307 e. The lowest BCUT2D eigenvalue weighted by atomic mass is 10.00. The number of anilines is 2. The number of carboxylic acids is 1. The summed E-state index contributed by atoms with van der Waals surface area (Å²) < 4.78 is 0. The molecular formula is C19H15N5O2. The quantitative estimate of drug-likeness (QED) is 0.660. The first-order chi connectivity index (χ1) is 12.5. The highest BCUT2D eigenvalue weighted by atomic mass is 16.4. The van der Waals surface area contributed by atoms with Gasteiger partial charge in [0.15, 0.2) is 0 Å². The number of nitrogen functional groups attached to an aromatic ring is 2. The van der Waals surface area contributed by atoms with Gasteiger partial charge in [-0.3, -0.25) is 4.79 Å². The fourth-order valence-electron chi connectivity index (χ4n) is 2.63. The number of hydrogen-bond donors (Lipinski definition) is 3. The molecule has 128 valence electrons. The first-order valence-corrected chi connectivity index (χ1v) is 7.72. The van der Waals surface area contributed by atoms with Crippen LogP contribution in [0.3, 0.4) is 0 Å². The molecule has 0 aliphatic carbocycles. The van der Waals surface area contributed by atoms with Crippen molar-refractivity contribution in [2.75, 3.05) is 11.5 Å². The second-order valence-corrected chi connectivity index (χ2v) is 5.65. The van der Waals surface area contributed by atoms with Crippen LogP contribution in [0, 0.1) is 11.3 Å². The highest BCUT2D eigenvalue weighted by Crippen LogP contribution is 2.28. The van der Waals surface area contributed by atoms with Crippen molar-refractivity contribution in [3.63, 3.8) is 0 Å². The fraction of sp³-hybridized carbons (Fsp3) is 0.0526. The third-order valence-corrected chi connectivity index (χ3v) is 3.87. The minimum atomic E-state index is -0.862. The van der Waals surface area contributed by atoms with E-state index in [4.69, 9.17) is 16.6 Å². The van der Waals surface area contributed by atoms with Crippen LogP contribution in [-0.2, 0) is 11.2 Å². The Morgan fingerprint density at radius 1 is 0.962 bits per heavy atom. The van der Waals surface area contributed by atoms with Crippen LogP contribution in [0.1, 0.15) is 11.1 Å². The van der Waals surface area contributed by atoms with Gasteiger partial charge >= 0.3 is 5.97 Å². The number of benzene rings is 2. The van der Waals surface area contributed by atoms with E-state index in [0.717, 1.165) is 16.7 Å². The van der Waals surface area contributed by atoms with Gasteiger partial charge in [0.1, 0.15) is 17.5 Å². The Morgan fingerprint density at radius 3 is 2.04 bits per heavy atom. The molecule has 7 nitrogen and oxygen atoms in total. The van der Waals surface area contributed by atoms with Gasteiger partial charge in [0.05, 0.1) is 12.1 Å². The molecule has 0 atom stereocenters. The van der Waals surface area contributed by atoms with Crippen molar-refractivity contribution in [1.82, 2.24) is 9.97 Å². The van der Waals surface area contributed by atoms with Crippen LogP contribution in [0.25, 0.3) is 22.4 Å². The number of aromatic nitrogens is 2. The molecule has 1 aromatic heterocycles. The van der Waals surface area contributed by atoms with Crippen LogP contribution in [0.2, 0.25) is 0 Å². The predicted molar refractivity (Wildman–Crippen MR) is 97.8 cm³/mol. The number of carbonyl (C=O) groups is 1. The van der Waals surface area contributed by atoms with E-state index in [9.17, 15) is 10.1 Å². The third kappa shape index (κ3) is 3.44. The predicted octanol–water partition coefficient (Wildman–Crippen LogP) is 2.47. The lowest BCUT2D eigenvalue weighted by molar-refractivity contribution is -0.136. The fourth-order valence-corrected chi connectivity index (χ4v) is 2.63. The van der Waals surface area contributed by atoms with E-state index in [2.05, 4.69) is 9.97 Å². The minimum absolute atomic E-state index is 0.00723. The Morgan fingerprint density at radius 2 is 1.50 bits per heavy atom. The van der Waals surface area contributed by atoms with Crippen LogP contribution in [0.15, 0.2) is 48.5 Å². The van der Waals surface area contributed by atoms with Gasteiger partial charge in [-0.15, -0.1) is 0 Å². The summed E-state index contributed by atoms with van der Waals surface area (Å²) in [6, 6.07) is 16.7. The first kappa shape index (κ1) is 16.9. The van der Waals surface area contributed by atoms with Crippen molar-refractivity contribution >= 4 is 17.7 Å². The number of rotatable bonds is 4. The van der Waals surface area contributed by atoms with E-state index in [-0.39, 0.29) is 23.8 Å². The topological polar surface area (TPSA) is 139 Å². The second-order valence-electron chi connectivity index (χ2n) is 5.65. The summed E-state index contributed by atoms with van der Waals surface area (Å²) >= 11 is 0. The van der Waals surface area contributed by atoms with Gasteiger partial charge in [-0.2, -0.15) is 10.2 Å². The maximum Gasteiger partial charge on any atom is 0.307 e. The zero-order valence-electron chi connectivity index (χ0n) is 13.7. The van der Waals surface area contributed by atoms with Gasteiger partial charge in [-0.05, 0) is 16.7 Å². The standard InChI is InChI=1S/C19H15N5O2/c20-10-15-17(23-19(22)24-18(15)21)14-7-5-13(6-8-14)12-3-1-11(2-4-12)9-16(25)26/h1-8H,9H2,(H,25,26)(H4,21,22,23,24). The van der Waals surface area contributed by atoms with Crippen molar-refractivity contribution in [1.29, 1.82) is 5.26 Å². The molecule has 0 fully saturated rings. The number of carboxylic acid groups (broad SMARTS) is 1. The summed E-state index contributed by atoms with van der Waals surface area (Å²) in [5, 5.41) is 18.1. The van der Waals surface area contributed by atoms with Gasteiger partial charge in [0.25, 0.3) is 0 Å². The Bertz CT molecular complexity index is 1010. The number of nitriles is 1. The Balaban J connectivity index is 1.92. The van der Waals surface area contributed by atoms with Gasteiger partial charge < -0.3 is 16.6 Å². The largest absolute Gasteiger partial charge is 0.481 e. The molecule has 0 unspecified atom stereocenters. The van der Waals surface area contributed by atoms with E-state index in [1.54, 1.807) is 12.1 Å². The minimum Gasteiger partial charge on any atom is -0.481 e. The average Bonchev–Trinajstić information content (AvgIpc) is 2.61. The summed E-state index contributed by atoms with van der Waals surface area (Å²) in [7, 11) is 0. The molecule has 5 N–H and O–H groups in total. The van der Waals surface area contributed by atoms with Gasteiger partial charge in [-0.25, -0.2) is 4.98 Å². The van der Waals surface area contributed by atoms with Gasteiger partial charge in [0.2, 0.25) is 5.95 Å². The lowest BCUT2D eigenvalue weighted by Crippen LogP contribution is -2.04. The van der Waals surface area contributed by atoms with Gasteiger partial charge in [0, 0.05) is 5.56 Å². The molecule has 0 bridgehead atoms. The van der Waals surface area contributed by atoms with E-state index in [0.29, 0.717) is 11.3 Å². The Labute approximate surface area is 149 Å². The van der Waals surface area contributed by atoms with E-state index in [1.807, 2.05) is 42.5 Å². The van der Waals surface area contributed by atoms with E-state index in [1.165, 1.54) is 0 Å². The molecular weight excluding hydrogens is 330 g/mol. The maximum atomic E-state index is 10.7. The molecule has 0 aliphatic rings. The summed E-state index contributed by atoms with van der Waals surface area (Å²) in [5.41, 5.74) is 15.3. The van der Waals surface area contributed by atoms with E-state index >= 15 is 0 Å². The van der Waals surface area contributed by atoms with Crippen LogP contribution in [-0.4, -0.2) is 21.0 Å². The van der Waals surface area contributed by atoms with E-state index < -0.39 is 5.97 Å². The molecule has 0 amide bonds. The maximum absolute atomic E-state index is 10.7. The molecule has 26 heavy (non-hydrogen) atoms. The number of hydrogen-bond acceptors (Lipinski definition) is 6. The van der Waals surface area contributed by atoms with Crippen molar-refractivity contribution in [2.45, 2.75) is 6.42 Å². The lowest BCUT2D eigenvalue weighted by Gasteiger charge is -2.08. The molecule has 3 rings (SSSR count). The molecule has 7 heteroatoms. The number of aliphatic carboxylic acids is 1. The monoisotopic (exact) mass is 345 g/mol. The molecule has 2 aromatic carbocycles. The SMILES string of the molecule is N#Cc1c(N)nc(N)nc1-c1ccc(-c2ccc(CC(=O)O)cc2)cc1. The number of nitrogens with two attached hydrogens (primary N) is 2. The van der Waals surface area contributed by atoms with Crippen molar-refractivity contribution < 1.29 is 9.90 Å². The summed E-state index contributed by atoms with van der Waals surface area (Å²) in [6.07, 6.45) is -0.00723. The molecule has 3 aromatic rings. The molecule has 0 saturated carbocycles. The highest BCUT2D eigenvalue weighted by Gasteiger charge is 2.13. The van der Waals surface area contributed by atoms with Crippen LogP contribution in [0.4, 0.5) is 11.8 Å². The van der Waals surface area contributed by atoms with Crippen LogP contribution >= 0.6 is 0 Å². The second kappa shape index (κ2) is 6.91.